The molecule has 8 nitrogen and oxygen atoms in total. The summed E-state index contributed by atoms with van der Waals surface area (Å²) in [6.07, 6.45) is 2.22. The molecule has 4 rings (SSSR count). The number of hydrogen-bond donors (Lipinski definition) is 0. The number of likely N-dealkylation sites (tertiary alicyclic amines) is 1. The topological polar surface area (TPSA) is 80.7 Å². The van der Waals surface area contributed by atoms with Gasteiger partial charge in [0.05, 0.1) is 45.0 Å². The maximum absolute atomic E-state index is 13.6. The molecular formula is C28H35N3O5. The number of nitrogens with zero attached hydrogens (tertiary/aromatic N) is 3. The number of ether oxygens (including phenoxy) is 3. The highest BCUT2D eigenvalue weighted by molar-refractivity contribution is 6.05. The lowest BCUT2D eigenvalue weighted by atomic mass is 9.97. The van der Waals surface area contributed by atoms with Crippen LogP contribution in [0.2, 0.25) is 0 Å². The fourth-order valence-electron chi connectivity index (χ4n) is 4.90. The lowest BCUT2D eigenvalue weighted by Gasteiger charge is -2.32. The monoisotopic (exact) mass is 493 g/mol. The summed E-state index contributed by atoms with van der Waals surface area (Å²) in [6, 6.07) is 13.6. The number of hydrogen-bond acceptors (Lipinski definition) is 7. The van der Waals surface area contributed by atoms with Crippen LogP contribution in [0, 0.1) is 12.8 Å². The number of aryl methyl sites for hydroxylation is 1. The molecule has 0 bridgehead atoms. The number of amides is 1. The van der Waals surface area contributed by atoms with Crippen molar-refractivity contribution in [2.24, 2.45) is 11.0 Å². The summed E-state index contributed by atoms with van der Waals surface area (Å²) < 4.78 is 16.2. The van der Waals surface area contributed by atoms with Gasteiger partial charge in [-0.1, -0.05) is 29.8 Å². The van der Waals surface area contributed by atoms with E-state index >= 15 is 0 Å². The van der Waals surface area contributed by atoms with Crippen molar-refractivity contribution in [3.63, 3.8) is 0 Å². The summed E-state index contributed by atoms with van der Waals surface area (Å²) in [5.41, 5.74) is 3.82. The van der Waals surface area contributed by atoms with Crippen LogP contribution in [-0.2, 0) is 14.3 Å². The van der Waals surface area contributed by atoms with Crippen molar-refractivity contribution in [2.45, 2.75) is 39.2 Å². The number of rotatable bonds is 8. The summed E-state index contributed by atoms with van der Waals surface area (Å²) >= 11 is 0. The van der Waals surface area contributed by atoms with E-state index in [2.05, 4.69) is 24.3 Å². The van der Waals surface area contributed by atoms with Crippen LogP contribution in [0.25, 0.3) is 0 Å². The van der Waals surface area contributed by atoms with Crippen molar-refractivity contribution in [3.8, 4) is 11.5 Å². The van der Waals surface area contributed by atoms with Crippen molar-refractivity contribution in [1.82, 2.24) is 9.91 Å². The van der Waals surface area contributed by atoms with Crippen molar-refractivity contribution >= 4 is 17.6 Å². The van der Waals surface area contributed by atoms with E-state index in [1.807, 2.05) is 36.9 Å². The maximum atomic E-state index is 13.6. The smallest absolute Gasteiger partial charge is 0.310 e. The Morgan fingerprint density at radius 1 is 1.08 bits per heavy atom. The molecule has 36 heavy (non-hydrogen) atoms. The first-order valence-electron chi connectivity index (χ1n) is 12.5. The van der Waals surface area contributed by atoms with Crippen molar-refractivity contribution in [2.75, 3.05) is 40.5 Å². The van der Waals surface area contributed by atoms with Gasteiger partial charge in [0.1, 0.15) is 11.5 Å². The Balaban J connectivity index is 1.58. The molecule has 0 unspecified atom stereocenters. The maximum Gasteiger partial charge on any atom is 0.310 e. The van der Waals surface area contributed by atoms with Crippen molar-refractivity contribution in [1.29, 1.82) is 0 Å². The number of carbonyl (C=O) groups is 2. The Kier molecular flexibility index (Phi) is 8.25. The second-order valence-corrected chi connectivity index (χ2v) is 9.31. The van der Waals surface area contributed by atoms with Crippen LogP contribution in [0.1, 0.15) is 48.9 Å². The number of benzene rings is 2. The van der Waals surface area contributed by atoms with Crippen LogP contribution in [-0.4, -0.2) is 68.0 Å². The van der Waals surface area contributed by atoms with E-state index < -0.39 is 0 Å². The molecule has 0 radical (unpaired) electrons. The number of methoxy groups -OCH3 is 2. The van der Waals surface area contributed by atoms with Gasteiger partial charge in [-0.25, -0.2) is 5.01 Å². The SMILES string of the molecule is CCOC(=O)[C@@H]1CCCN(CC(=O)N2N=C(c3ccc(OC)cc3OC)C[C@@H]2c2ccc(C)cc2)C1. The van der Waals surface area contributed by atoms with Gasteiger partial charge in [0.2, 0.25) is 0 Å². The average Bonchev–Trinajstić information content (AvgIpc) is 3.34. The third-order valence-electron chi connectivity index (χ3n) is 6.83. The number of hydrazone groups is 1. The van der Waals surface area contributed by atoms with Gasteiger partial charge >= 0.3 is 5.97 Å². The van der Waals surface area contributed by atoms with E-state index in [1.54, 1.807) is 19.2 Å². The molecule has 0 aliphatic carbocycles. The molecule has 0 N–H and O–H groups in total. The third-order valence-corrected chi connectivity index (χ3v) is 6.83. The van der Waals surface area contributed by atoms with Crippen LogP contribution < -0.4 is 9.47 Å². The molecule has 2 aromatic rings. The predicted octanol–water partition coefficient (Wildman–Crippen LogP) is 3.97. The van der Waals surface area contributed by atoms with Gasteiger partial charge in [0, 0.05) is 24.6 Å². The highest BCUT2D eigenvalue weighted by Crippen LogP contribution is 2.36. The molecule has 0 spiro atoms. The van der Waals surface area contributed by atoms with E-state index in [0.717, 1.165) is 41.8 Å². The first-order valence-corrected chi connectivity index (χ1v) is 12.5. The number of carbonyl (C=O) groups excluding carboxylic acids is 2. The van der Waals surface area contributed by atoms with Crippen LogP contribution in [0.15, 0.2) is 47.6 Å². The quantitative estimate of drug-likeness (QED) is 0.518. The molecule has 2 heterocycles. The summed E-state index contributed by atoms with van der Waals surface area (Å²) in [7, 11) is 3.23. The Bertz CT molecular complexity index is 1110. The molecule has 8 heteroatoms. The molecule has 2 aliphatic rings. The molecule has 1 amide bonds. The Morgan fingerprint density at radius 3 is 2.56 bits per heavy atom. The fraction of sp³-hybridized carbons (Fsp3) is 0.464. The lowest BCUT2D eigenvalue weighted by Crippen LogP contribution is -2.44. The lowest BCUT2D eigenvalue weighted by molar-refractivity contribution is -0.150. The predicted molar refractivity (Wildman–Crippen MR) is 137 cm³/mol. The molecule has 0 aromatic heterocycles. The number of esters is 1. The van der Waals surface area contributed by atoms with Crippen LogP contribution in [0.3, 0.4) is 0 Å². The molecule has 1 saturated heterocycles. The highest BCUT2D eigenvalue weighted by atomic mass is 16.5. The standard InChI is InChI=1S/C28H35N3O5/c1-5-36-28(33)21-7-6-14-30(17-21)18-27(32)31-25(20-10-8-19(2)9-11-20)16-24(29-31)23-13-12-22(34-3)15-26(23)35-4/h8-13,15,21,25H,5-7,14,16-18H2,1-4H3/t21-,25-/m1/s1. The zero-order valence-electron chi connectivity index (χ0n) is 21.5. The largest absolute Gasteiger partial charge is 0.497 e. The van der Waals surface area contributed by atoms with Gasteiger partial charge in [0.25, 0.3) is 5.91 Å². The zero-order chi connectivity index (χ0) is 25.7. The fourth-order valence-corrected chi connectivity index (χ4v) is 4.90. The highest BCUT2D eigenvalue weighted by Gasteiger charge is 2.36. The minimum absolute atomic E-state index is 0.0902. The summed E-state index contributed by atoms with van der Waals surface area (Å²) in [5, 5.41) is 6.42. The Labute approximate surface area is 212 Å². The van der Waals surface area contributed by atoms with Crippen molar-refractivity contribution < 1.29 is 23.8 Å². The molecule has 2 atom stereocenters. The third kappa shape index (κ3) is 5.70. The van der Waals surface area contributed by atoms with Gasteiger partial charge in [-0.3, -0.25) is 14.5 Å². The molecule has 192 valence electrons. The molecule has 1 fully saturated rings. The van der Waals surface area contributed by atoms with Crippen LogP contribution in [0.5, 0.6) is 11.5 Å². The molecule has 2 aromatic carbocycles. The van der Waals surface area contributed by atoms with Crippen LogP contribution in [0.4, 0.5) is 0 Å². The van der Waals surface area contributed by atoms with Gasteiger partial charge in [-0.15, -0.1) is 0 Å². The van der Waals surface area contributed by atoms with Gasteiger partial charge in [-0.2, -0.15) is 5.10 Å². The Morgan fingerprint density at radius 2 is 1.86 bits per heavy atom. The Hall–Kier alpha value is -3.39. The van der Waals surface area contributed by atoms with Gasteiger partial charge < -0.3 is 14.2 Å². The van der Waals surface area contributed by atoms with E-state index in [1.165, 1.54) is 0 Å². The number of piperidine rings is 1. The normalized spacial score (nSPS) is 20.1. The first kappa shape index (κ1) is 25.7. The van der Waals surface area contributed by atoms with Gasteiger partial charge in [-0.05, 0) is 50.9 Å². The molecular weight excluding hydrogens is 458 g/mol. The summed E-state index contributed by atoms with van der Waals surface area (Å²) in [4.78, 5) is 27.9. The second-order valence-electron chi connectivity index (χ2n) is 9.31. The minimum atomic E-state index is -0.217. The molecule has 2 aliphatic heterocycles. The van der Waals surface area contributed by atoms with Crippen molar-refractivity contribution in [3.05, 3.63) is 59.2 Å². The first-order chi connectivity index (χ1) is 17.4. The summed E-state index contributed by atoms with van der Waals surface area (Å²) in [6.45, 7) is 5.72. The molecule has 0 saturated carbocycles. The van der Waals surface area contributed by atoms with Crippen LogP contribution >= 0.6 is 0 Å². The zero-order valence-corrected chi connectivity index (χ0v) is 21.5. The minimum Gasteiger partial charge on any atom is -0.497 e. The van der Waals surface area contributed by atoms with E-state index in [9.17, 15) is 9.59 Å². The van der Waals surface area contributed by atoms with E-state index in [-0.39, 0.29) is 30.4 Å². The summed E-state index contributed by atoms with van der Waals surface area (Å²) in [5.74, 6) is 0.880. The van der Waals surface area contributed by atoms with E-state index in [0.29, 0.717) is 31.1 Å². The average molecular weight is 494 g/mol. The van der Waals surface area contributed by atoms with E-state index in [4.69, 9.17) is 19.3 Å². The van der Waals surface area contributed by atoms with Gasteiger partial charge in [0.15, 0.2) is 0 Å². The second kappa shape index (κ2) is 11.6.